The van der Waals surface area contributed by atoms with Gasteiger partial charge in [0.1, 0.15) is 6.54 Å². The number of unbranched alkanes of at least 4 members (excludes halogenated alkanes) is 4. The molecule has 0 atom stereocenters. The number of para-hydroxylation sites is 1. The van der Waals surface area contributed by atoms with E-state index in [1.54, 1.807) is 12.1 Å². The van der Waals surface area contributed by atoms with E-state index in [0.717, 1.165) is 67.5 Å². The van der Waals surface area contributed by atoms with E-state index in [1.807, 2.05) is 12.2 Å². The van der Waals surface area contributed by atoms with Crippen molar-refractivity contribution in [3.8, 4) is 0 Å². The summed E-state index contributed by atoms with van der Waals surface area (Å²) in [4.78, 5) is 14.1. The summed E-state index contributed by atoms with van der Waals surface area (Å²) in [5, 5.41) is 3.59. The number of fused-ring (bicyclic) bond motifs is 2. The molecule has 0 unspecified atom stereocenters. The van der Waals surface area contributed by atoms with Gasteiger partial charge in [0.25, 0.3) is 10.1 Å². The number of allylic oxidation sites excluding steroid dienone is 6. The van der Waals surface area contributed by atoms with Gasteiger partial charge in [-0.15, -0.1) is 0 Å². The number of likely N-dealkylation sites (N-methyl/N-ethyl adjacent to an activating group) is 1. The first-order valence-corrected chi connectivity index (χ1v) is 20.5. The molecule has 0 radical (unpaired) electrons. The first-order valence-electron chi connectivity index (χ1n) is 17.4. The molecule has 0 spiro atoms. The number of carbonyl (C=O) groups excluding carboxylic acids is 1. The Morgan fingerprint density at radius 1 is 0.920 bits per heavy atom. The smallest absolute Gasteiger partial charge is 0.294 e. The Kier molecular flexibility index (Phi) is 12.5. The second-order valence-electron chi connectivity index (χ2n) is 13.9. The predicted molar refractivity (Wildman–Crippen MR) is 203 cm³/mol. The molecule has 4 rings (SSSR count). The van der Waals surface area contributed by atoms with Gasteiger partial charge in [0.2, 0.25) is 11.6 Å². The molecule has 2 aromatic carbocycles. The molecule has 0 aromatic heterocycles. The maximum absolute atomic E-state index is 12.0. The van der Waals surface area contributed by atoms with Crippen LogP contribution in [-0.2, 0) is 35.6 Å². The van der Waals surface area contributed by atoms with Crippen molar-refractivity contribution in [3.05, 3.63) is 102 Å². The quantitative estimate of drug-likeness (QED) is 0.0770. The standard InChI is InChI=1S/C39H51N3O6S2/c1-7-41-34-25-24-30(50(46,47)48)29-32(34)39(5,6)35(41)21-13-12-14-22-36-38(3,4)31-19-16-17-20-33(31)42(36)27-18-11-9-10-15-23-37(43)40-26-28-49(44,45)8-2/h8,12-14,16-17,19-22,24-25,29H,2,7,9-11,15,18,23,26-28H2,1,3-6H3,(H-,40,43,46,47,48)/p+1. The van der Waals surface area contributed by atoms with Crippen LogP contribution in [0.15, 0.2) is 95.4 Å². The molecule has 0 fully saturated rings. The number of nitrogens with one attached hydrogen (secondary N) is 1. The van der Waals surface area contributed by atoms with Gasteiger partial charge in [-0.25, -0.2) is 8.42 Å². The lowest BCUT2D eigenvalue weighted by atomic mass is 9.81. The molecule has 2 aliphatic heterocycles. The summed E-state index contributed by atoms with van der Waals surface area (Å²) >= 11 is 0. The summed E-state index contributed by atoms with van der Waals surface area (Å²) in [5.74, 6) is -0.248. The van der Waals surface area contributed by atoms with Gasteiger partial charge in [-0.3, -0.25) is 9.35 Å². The number of anilines is 1. The molecule has 2 aromatic rings. The van der Waals surface area contributed by atoms with Crippen LogP contribution in [0.4, 0.5) is 11.4 Å². The summed E-state index contributed by atoms with van der Waals surface area (Å²) in [6.45, 7) is 15.7. The van der Waals surface area contributed by atoms with E-state index in [9.17, 15) is 26.2 Å². The Hall–Kier alpha value is -3.80. The van der Waals surface area contributed by atoms with E-state index in [4.69, 9.17) is 0 Å². The van der Waals surface area contributed by atoms with Crippen LogP contribution in [-0.4, -0.2) is 63.0 Å². The van der Waals surface area contributed by atoms with Crippen molar-refractivity contribution >= 4 is 42.9 Å². The fourth-order valence-corrected chi connectivity index (χ4v) is 8.05. The van der Waals surface area contributed by atoms with E-state index in [0.29, 0.717) is 6.42 Å². The van der Waals surface area contributed by atoms with Crippen molar-refractivity contribution in [2.24, 2.45) is 0 Å². The third-order valence-electron chi connectivity index (χ3n) is 9.76. The van der Waals surface area contributed by atoms with E-state index in [2.05, 4.69) is 98.5 Å². The van der Waals surface area contributed by atoms with Gasteiger partial charge in [-0.2, -0.15) is 13.0 Å². The molecule has 0 bridgehead atoms. The van der Waals surface area contributed by atoms with Crippen LogP contribution < -0.4 is 10.2 Å². The lowest BCUT2D eigenvalue weighted by Crippen LogP contribution is -2.28. The van der Waals surface area contributed by atoms with Gasteiger partial charge in [-0.05, 0) is 63.5 Å². The Morgan fingerprint density at radius 2 is 1.62 bits per heavy atom. The number of carbonyl (C=O) groups is 1. The van der Waals surface area contributed by atoms with E-state index >= 15 is 0 Å². The minimum absolute atomic E-state index is 0.0976. The molecule has 0 saturated heterocycles. The van der Waals surface area contributed by atoms with Crippen molar-refractivity contribution in [1.29, 1.82) is 0 Å². The van der Waals surface area contributed by atoms with Gasteiger partial charge in [0.05, 0.1) is 16.1 Å². The Morgan fingerprint density at radius 3 is 2.32 bits per heavy atom. The van der Waals surface area contributed by atoms with Crippen LogP contribution in [0, 0.1) is 0 Å². The number of amides is 1. The summed E-state index contributed by atoms with van der Waals surface area (Å²) in [6.07, 6.45) is 15.6. The SMILES string of the molecule is C=CS(=O)(=O)CCNC(=O)CCCCCCC[N+]1=C(C=CC=CC=C2N(CC)c3ccc(S(=O)(=O)O)cc3C2(C)C)C(C)(C)c2ccccc21. The molecule has 2 aliphatic rings. The van der Waals surface area contributed by atoms with Crippen molar-refractivity contribution in [1.82, 2.24) is 5.32 Å². The minimum atomic E-state index is -4.30. The monoisotopic (exact) mass is 722 g/mol. The first kappa shape index (κ1) is 39.0. The molecule has 1 amide bonds. The average molecular weight is 723 g/mol. The lowest BCUT2D eigenvalue weighted by molar-refractivity contribution is -0.438. The number of benzene rings is 2. The van der Waals surface area contributed by atoms with Gasteiger partial charge < -0.3 is 10.2 Å². The van der Waals surface area contributed by atoms with Crippen LogP contribution in [0.25, 0.3) is 0 Å². The lowest BCUT2D eigenvalue weighted by Gasteiger charge is -2.25. The zero-order valence-electron chi connectivity index (χ0n) is 30.0. The summed E-state index contributed by atoms with van der Waals surface area (Å²) < 4.78 is 58.7. The maximum atomic E-state index is 12.0. The molecule has 0 saturated carbocycles. The predicted octanol–water partition coefficient (Wildman–Crippen LogP) is 7.14. The van der Waals surface area contributed by atoms with E-state index in [-0.39, 0.29) is 28.5 Å². The van der Waals surface area contributed by atoms with Gasteiger partial charge in [0, 0.05) is 65.8 Å². The van der Waals surface area contributed by atoms with E-state index in [1.165, 1.54) is 23.0 Å². The van der Waals surface area contributed by atoms with Crippen molar-refractivity contribution in [2.75, 3.05) is 30.3 Å². The molecule has 2 N–H and O–H groups in total. The topological polar surface area (TPSA) is 124 Å². The molecule has 0 aliphatic carbocycles. The van der Waals surface area contributed by atoms with Crippen molar-refractivity contribution < 1.29 is 30.8 Å². The zero-order valence-corrected chi connectivity index (χ0v) is 31.6. The Labute approximate surface area is 298 Å². The number of sulfone groups is 1. The first-order chi connectivity index (χ1) is 23.5. The zero-order chi connectivity index (χ0) is 36.7. The van der Waals surface area contributed by atoms with Crippen LogP contribution in [0.5, 0.6) is 0 Å². The molecule has 11 heteroatoms. The highest BCUT2D eigenvalue weighted by Crippen LogP contribution is 2.48. The van der Waals surface area contributed by atoms with Crippen LogP contribution >= 0.6 is 0 Å². The molecule has 50 heavy (non-hydrogen) atoms. The second kappa shape index (κ2) is 16.0. The number of hydrogen-bond donors (Lipinski definition) is 2. The highest BCUT2D eigenvalue weighted by molar-refractivity contribution is 7.94. The largest absolute Gasteiger partial charge is 0.355 e. The Balaban J connectivity index is 1.39. The van der Waals surface area contributed by atoms with E-state index < -0.39 is 25.4 Å². The van der Waals surface area contributed by atoms with Crippen LogP contribution in [0.1, 0.15) is 84.3 Å². The number of hydrogen-bond acceptors (Lipinski definition) is 6. The van der Waals surface area contributed by atoms with Gasteiger partial charge >= 0.3 is 0 Å². The average Bonchev–Trinajstić information content (AvgIpc) is 3.41. The summed E-state index contributed by atoms with van der Waals surface area (Å²) in [6, 6.07) is 13.4. The fraction of sp³-hybridized carbons (Fsp3) is 0.436. The Bertz CT molecular complexity index is 1940. The summed E-state index contributed by atoms with van der Waals surface area (Å²) in [5.41, 5.74) is 5.98. The van der Waals surface area contributed by atoms with Crippen molar-refractivity contribution in [2.45, 2.75) is 88.9 Å². The van der Waals surface area contributed by atoms with Gasteiger partial charge in [0.15, 0.2) is 15.5 Å². The highest BCUT2D eigenvalue weighted by atomic mass is 32.2. The molecular weight excluding hydrogens is 671 g/mol. The number of rotatable bonds is 17. The summed E-state index contributed by atoms with van der Waals surface area (Å²) in [7, 11) is -7.61. The molecule has 2 heterocycles. The maximum Gasteiger partial charge on any atom is 0.294 e. The van der Waals surface area contributed by atoms with Crippen LogP contribution in [0.2, 0.25) is 0 Å². The second-order valence-corrected chi connectivity index (χ2v) is 17.4. The van der Waals surface area contributed by atoms with Crippen molar-refractivity contribution in [3.63, 3.8) is 0 Å². The molecular formula is C39H52N3O6S2+. The third-order valence-corrected chi connectivity index (χ3v) is 11.9. The van der Waals surface area contributed by atoms with Gasteiger partial charge in [-0.1, -0.05) is 69.7 Å². The highest BCUT2D eigenvalue weighted by Gasteiger charge is 2.44. The van der Waals surface area contributed by atoms with Crippen LogP contribution in [0.3, 0.4) is 0 Å². The number of nitrogens with zero attached hydrogens (tertiary/aromatic N) is 2. The molecule has 9 nitrogen and oxygen atoms in total. The fourth-order valence-electron chi connectivity index (χ4n) is 6.99. The molecule has 270 valence electrons. The normalized spacial score (nSPS) is 17.6. The third kappa shape index (κ3) is 8.91. The minimum Gasteiger partial charge on any atom is -0.355 e.